The topological polar surface area (TPSA) is 144 Å². The standard InChI is InChI=1S/C36H30ClF6N7O4S/c1-16(51)4-5-20-6-7-21(22-8-9-25(37)29-32(22)49(2)47-35(29)48-55(3,53)54)30(44-20)26(12-17-10-18(38)13-19(39)11-17)45-27(52)15-50-33-28(31(46-50)34(40)41)23-14-24(23)36(33,42)43/h6-11,13,16,23-24,26,34,51H,12,14-15H2,1-3H3,(H,45,52)(H,47,48)/t16-,23+,24-,26?/m1/s1. The van der Waals surface area contributed by atoms with Crippen molar-refractivity contribution in [1.29, 1.82) is 0 Å². The number of aryl methyl sites for hydroxylation is 1. The number of rotatable bonds is 10. The SMILES string of the molecule is C[C@@H](O)C#Cc1ccc(-c2ccc(Cl)c3c(NS(C)(=O)=O)nn(C)c23)c(C(Cc2cc(F)cc(F)c2)NC(=O)Cn2nc(C(F)F)c3c2C(F)(F)[C@@H]2C[C@H]32)n1. The van der Waals surface area contributed by atoms with Gasteiger partial charge in [0.1, 0.15) is 41.4 Å². The van der Waals surface area contributed by atoms with Crippen LogP contribution in [0.25, 0.3) is 22.0 Å². The predicted molar refractivity (Wildman–Crippen MR) is 189 cm³/mol. The van der Waals surface area contributed by atoms with E-state index in [9.17, 15) is 35.9 Å². The average Bonchev–Trinajstić information content (AvgIpc) is 3.62. The molecule has 7 rings (SSSR count). The highest BCUT2D eigenvalue weighted by molar-refractivity contribution is 7.92. The predicted octanol–water partition coefficient (Wildman–Crippen LogP) is 6.11. The highest BCUT2D eigenvalue weighted by Crippen LogP contribution is 2.68. The molecule has 11 nitrogen and oxygen atoms in total. The monoisotopic (exact) mass is 805 g/mol. The number of benzene rings is 2. The Bertz CT molecular complexity index is 2550. The molecule has 2 aromatic carbocycles. The summed E-state index contributed by atoms with van der Waals surface area (Å²) in [5.41, 5.74) is -0.743. The number of hydrogen-bond acceptors (Lipinski definition) is 7. The number of nitrogens with zero attached hydrogens (tertiary/aromatic N) is 5. The fraction of sp³-hybridized carbons (Fsp3) is 0.333. The molecule has 3 N–H and O–H groups in total. The number of carbonyl (C=O) groups excluding carboxylic acids is 1. The molecule has 1 unspecified atom stereocenters. The summed E-state index contributed by atoms with van der Waals surface area (Å²) >= 11 is 6.56. The normalized spacial score (nSPS) is 18.0. The van der Waals surface area contributed by atoms with Gasteiger partial charge in [0.05, 0.1) is 33.9 Å². The maximum Gasteiger partial charge on any atom is 0.293 e. The Labute approximate surface area is 314 Å². The summed E-state index contributed by atoms with van der Waals surface area (Å²) in [6, 6.07) is 7.47. The molecule has 288 valence electrons. The highest BCUT2D eigenvalue weighted by atomic mass is 35.5. The van der Waals surface area contributed by atoms with Crippen molar-refractivity contribution >= 4 is 44.3 Å². The third kappa shape index (κ3) is 7.35. The molecule has 1 fully saturated rings. The highest BCUT2D eigenvalue weighted by Gasteiger charge is 2.67. The van der Waals surface area contributed by atoms with Crippen LogP contribution in [0.1, 0.15) is 65.6 Å². The summed E-state index contributed by atoms with van der Waals surface area (Å²) in [7, 11) is -2.30. The number of hydrogen-bond donors (Lipinski definition) is 3. The van der Waals surface area contributed by atoms with E-state index in [1.165, 1.54) is 30.8 Å². The lowest BCUT2D eigenvalue weighted by Crippen LogP contribution is -2.35. The molecule has 3 heterocycles. The van der Waals surface area contributed by atoms with Gasteiger partial charge in [0.15, 0.2) is 5.82 Å². The van der Waals surface area contributed by atoms with Gasteiger partial charge in [-0.05, 0) is 67.5 Å². The van der Waals surface area contributed by atoms with Crippen molar-refractivity contribution in [1.82, 2.24) is 29.9 Å². The van der Waals surface area contributed by atoms with E-state index in [1.54, 1.807) is 12.1 Å². The van der Waals surface area contributed by atoms with Gasteiger partial charge in [-0.2, -0.15) is 19.0 Å². The van der Waals surface area contributed by atoms with Gasteiger partial charge in [0, 0.05) is 35.7 Å². The van der Waals surface area contributed by atoms with Crippen molar-refractivity contribution in [3.05, 3.63) is 93.0 Å². The van der Waals surface area contributed by atoms with Gasteiger partial charge in [-0.3, -0.25) is 18.9 Å². The smallest absolute Gasteiger partial charge is 0.293 e. The number of alkyl halides is 4. The second kappa shape index (κ2) is 13.9. The summed E-state index contributed by atoms with van der Waals surface area (Å²) in [5.74, 6) is -3.12. The van der Waals surface area contributed by atoms with Crippen molar-refractivity contribution in [3.63, 3.8) is 0 Å². The van der Waals surface area contributed by atoms with Crippen LogP contribution in [0.2, 0.25) is 5.02 Å². The van der Waals surface area contributed by atoms with Gasteiger partial charge in [-0.25, -0.2) is 31.0 Å². The van der Waals surface area contributed by atoms with Crippen molar-refractivity contribution < 1.29 is 44.7 Å². The third-order valence-corrected chi connectivity index (χ3v) is 10.2. The van der Waals surface area contributed by atoms with Crippen LogP contribution < -0.4 is 10.0 Å². The zero-order valence-corrected chi connectivity index (χ0v) is 30.6. The van der Waals surface area contributed by atoms with Crippen LogP contribution in [0.4, 0.5) is 32.2 Å². The number of halogens is 7. The van der Waals surface area contributed by atoms with E-state index in [0.717, 1.165) is 18.4 Å². The first-order valence-electron chi connectivity index (χ1n) is 16.7. The molecule has 2 aliphatic carbocycles. The van der Waals surface area contributed by atoms with Crippen LogP contribution >= 0.6 is 11.6 Å². The van der Waals surface area contributed by atoms with Crippen molar-refractivity contribution in [2.24, 2.45) is 13.0 Å². The molecule has 0 saturated heterocycles. The molecule has 3 aromatic heterocycles. The van der Waals surface area contributed by atoms with E-state index >= 15 is 8.78 Å². The number of anilines is 1. The Balaban J connectivity index is 1.38. The van der Waals surface area contributed by atoms with Crippen LogP contribution in [0, 0.1) is 29.4 Å². The number of amides is 1. The minimum absolute atomic E-state index is 0.0209. The van der Waals surface area contributed by atoms with E-state index in [4.69, 9.17) is 11.6 Å². The van der Waals surface area contributed by atoms with E-state index in [2.05, 4.69) is 37.1 Å². The maximum atomic E-state index is 15.3. The van der Waals surface area contributed by atoms with Crippen molar-refractivity contribution in [2.75, 3.05) is 11.0 Å². The number of nitrogens with one attached hydrogen (secondary N) is 2. The fourth-order valence-corrected chi connectivity index (χ4v) is 7.93. The zero-order chi connectivity index (χ0) is 39.7. The lowest BCUT2D eigenvalue weighted by atomic mass is 9.93. The van der Waals surface area contributed by atoms with E-state index in [0.29, 0.717) is 21.8 Å². The molecular formula is C36H30ClF6N7O4S. The number of aliphatic hydroxyl groups is 1. The molecule has 0 radical (unpaired) electrons. The minimum atomic E-state index is -3.82. The molecule has 5 aromatic rings. The number of fused-ring (bicyclic) bond motifs is 4. The Morgan fingerprint density at radius 2 is 1.78 bits per heavy atom. The summed E-state index contributed by atoms with van der Waals surface area (Å²) in [4.78, 5) is 18.5. The molecule has 0 aliphatic heterocycles. The molecular weight excluding hydrogens is 776 g/mol. The van der Waals surface area contributed by atoms with Crippen molar-refractivity contribution in [3.8, 4) is 23.0 Å². The summed E-state index contributed by atoms with van der Waals surface area (Å²) in [6.45, 7) is 0.500. The van der Waals surface area contributed by atoms with Gasteiger partial charge >= 0.3 is 0 Å². The molecule has 0 spiro atoms. The summed E-state index contributed by atoms with van der Waals surface area (Å²) in [6.07, 6.45) is -3.63. The number of aliphatic hydroxyl groups excluding tert-OH is 1. The third-order valence-electron chi connectivity index (χ3n) is 9.33. The second-order valence-electron chi connectivity index (χ2n) is 13.5. The molecule has 2 aliphatic rings. The molecule has 55 heavy (non-hydrogen) atoms. The van der Waals surface area contributed by atoms with Crippen LogP contribution in [-0.2, 0) is 40.8 Å². The zero-order valence-electron chi connectivity index (χ0n) is 29.0. The molecule has 4 atom stereocenters. The number of aromatic nitrogens is 5. The van der Waals surface area contributed by atoms with Gasteiger partial charge in [0.2, 0.25) is 15.9 Å². The Morgan fingerprint density at radius 1 is 1.09 bits per heavy atom. The van der Waals surface area contributed by atoms with E-state index in [1.807, 2.05) is 0 Å². The number of pyridine rings is 1. The van der Waals surface area contributed by atoms with Gasteiger partial charge in [0.25, 0.3) is 12.3 Å². The molecule has 0 bridgehead atoms. The number of sulfonamides is 1. The first-order valence-corrected chi connectivity index (χ1v) is 18.9. The maximum absolute atomic E-state index is 15.3. The number of carbonyl (C=O) groups is 1. The van der Waals surface area contributed by atoms with Gasteiger partial charge < -0.3 is 10.4 Å². The van der Waals surface area contributed by atoms with Crippen LogP contribution in [0.5, 0.6) is 0 Å². The molecule has 1 amide bonds. The first-order chi connectivity index (χ1) is 25.8. The lowest BCUT2D eigenvalue weighted by Gasteiger charge is -2.23. The first kappa shape index (κ1) is 38.2. The minimum Gasteiger partial charge on any atom is -0.381 e. The Hall–Kier alpha value is -5.12. The average molecular weight is 806 g/mol. The van der Waals surface area contributed by atoms with Crippen LogP contribution in [0.3, 0.4) is 0 Å². The van der Waals surface area contributed by atoms with E-state index < -0.39 is 81.8 Å². The molecule has 19 heteroatoms. The summed E-state index contributed by atoms with van der Waals surface area (Å²) in [5, 5.41) is 20.9. The largest absolute Gasteiger partial charge is 0.381 e. The Kier molecular flexibility index (Phi) is 9.63. The van der Waals surface area contributed by atoms with Crippen LogP contribution in [0.15, 0.2) is 42.5 Å². The Morgan fingerprint density at radius 3 is 2.44 bits per heavy atom. The summed E-state index contributed by atoms with van der Waals surface area (Å²) < 4.78 is 116. The van der Waals surface area contributed by atoms with Gasteiger partial charge in [-0.1, -0.05) is 23.6 Å². The van der Waals surface area contributed by atoms with Crippen LogP contribution in [-0.4, -0.2) is 56.3 Å². The van der Waals surface area contributed by atoms with E-state index in [-0.39, 0.29) is 57.1 Å². The van der Waals surface area contributed by atoms with Crippen molar-refractivity contribution in [2.45, 2.75) is 56.7 Å². The quantitative estimate of drug-likeness (QED) is 0.114. The fourth-order valence-electron chi connectivity index (χ4n) is 7.19. The van der Waals surface area contributed by atoms with Gasteiger partial charge in [-0.15, -0.1) is 0 Å². The molecule has 1 saturated carbocycles. The lowest BCUT2D eigenvalue weighted by molar-refractivity contribution is -0.123. The second-order valence-corrected chi connectivity index (χ2v) is 15.7.